The smallest absolute Gasteiger partial charge is 0.213 e. The maximum Gasteiger partial charge on any atom is 0.213 e. The number of hydrogen-bond donors (Lipinski definition) is 2. The number of nitrogens with zero attached hydrogens (tertiary/aromatic N) is 3. The number of fused-ring (bicyclic) bond motifs is 1. The van der Waals surface area contributed by atoms with Crippen LogP contribution in [0.2, 0.25) is 0 Å². The summed E-state index contributed by atoms with van der Waals surface area (Å²) in [6, 6.07) is -0.694. The third-order valence-corrected chi connectivity index (χ3v) is 9.89. The maximum absolute atomic E-state index is 13.9. The molecule has 2 bridgehead atoms. The van der Waals surface area contributed by atoms with Crippen LogP contribution in [0.3, 0.4) is 0 Å². The fourth-order valence-corrected chi connectivity index (χ4v) is 9.15. The van der Waals surface area contributed by atoms with Gasteiger partial charge in [0.15, 0.2) is 5.79 Å². The number of aliphatic hydroxyl groups excluding tert-OH is 2. The quantitative estimate of drug-likeness (QED) is 0.278. The van der Waals surface area contributed by atoms with Crippen molar-refractivity contribution in [1.29, 1.82) is 0 Å². The second kappa shape index (κ2) is 7.05. The summed E-state index contributed by atoms with van der Waals surface area (Å²) in [6.07, 6.45) is -1.14. The molecule has 0 aromatic heterocycles. The summed E-state index contributed by atoms with van der Waals surface area (Å²) in [7, 11) is 0. The Balaban J connectivity index is 1.83. The van der Waals surface area contributed by atoms with Crippen molar-refractivity contribution in [2.75, 3.05) is 6.61 Å². The third-order valence-electron chi connectivity index (χ3n) is 9.89. The zero-order chi connectivity index (χ0) is 25.1. The van der Waals surface area contributed by atoms with Gasteiger partial charge >= 0.3 is 0 Å². The molecular formula is C25H37N3O6. The van der Waals surface area contributed by atoms with Crippen LogP contribution in [0.1, 0.15) is 60.8 Å². The lowest BCUT2D eigenvalue weighted by Gasteiger charge is -2.79. The standard InChI is InChI=1S/C25H37N3O6/c1-12(2)14-8-9-16-23-11-32-25(24(16,13(3)29)20(14)33-22(6,7)34-25)19(31)17(23)21(4,5)10-15(18(23)30)27-28-26/h14-20,30-31H,1,8-11H2,2-7H3/t14-,15-,16-,17+,18+,19-,20+,23-,24+,25?/m0/s1. The van der Waals surface area contributed by atoms with E-state index >= 15 is 0 Å². The lowest BCUT2D eigenvalue weighted by atomic mass is 9.33. The van der Waals surface area contributed by atoms with Crippen LogP contribution in [-0.2, 0) is 19.0 Å². The van der Waals surface area contributed by atoms with Gasteiger partial charge in [0.25, 0.3) is 0 Å². The van der Waals surface area contributed by atoms with Crippen molar-refractivity contribution < 1.29 is 29.2 Å². The average Bonchev–Trinajstić information content (AvgIpc) is 2.71. The Hall–Kier alpha value is -1.48. The van der Waals surface area contributed by atoms with Gasteiger partial charge in [0, 0.05) is 22.2 Å². The predicted molar refractivity (Wildman–Crippen MR) is 122 cm³/mol. The highest BCUT2D eigenvalue weighted by Crippen LogP contribution is 2.77. The maximum atomic E-state index is 13.9. The molecule has 2 spiro atoms. The van der Waals surface area contributed by atoms with Crippen LogP contribution >= 0.6 is 0 Å². The fourth-order valence-electron chi connectivity index (χ4n) is 9.15. The SMILES string of the molecule is C=C(C)[C@@H]1CC[C@H]2[C@@]34COC5(OC(C)(C)O[C@H]1[C@@]25C(C)=O)[C@@H](O)[C@@H]3C(C)(C)C[C@H](N=[N+]=[N-])[C@H]4O. The van der Waals surface area contributed by atoms with E-state index in [1.165, 1.54) is 6.92 Å². The van der Waals surface area contributed by atoms with E-state index in [2.05, 4.69) is 16.6 Å². The number of Topliss-reactive ketones (excluding diaryl/α,β-unsaturated/α-hetero) is 1. The molecule has 188 valence electrons. The van der Waals surface area contributed by atoms with Gasteiger partial charge in [-0.2, -0.15) is 0 Å². The van der Waals surface area contributed by atoms with Crippen molar-refractivity contribution in [3.8, 4) is 0 Å². The van der Waals surface area contributed by atoms with Crippen LogP contribution in [0.4, 0.5) is 0 Å². The molecule has 0 radical (unpaired) electrons. The molecule has 1 unspecified atom stereocenters. The van der Waals surface area contributed by atoms with Crippen LogP contribution < -0.4 is 0 Å². The van der Waals surface area contributed by atoms with E-state index in [0.717, 1.165) is 12.0 Å². The molecule has 34 heavy (non-hydrogen) atoms. The van der Waals surface area contributed by atoms with Gasteiger partial charge in [-0.05, 0) is 63.8 Å². The summed E-state index contributed by atoms with van der Waals surface area (Å²) in [4.78, 5) is 16.9. The molecule has 3 saturated heterocycles. The van der Waals surface area contributed by atoms with Crippen LogP contribution in [-0.4, -0.2) is 58.5 Å². The molecule has 3 aliphatic carbocycles. The van der Waals surface area contributed by atoms with Crippen molar-refractivity contribution >= 4 is 5.78 Å². The summed E-state index contributed by atoms with van der Waals surface area (Å²) in [5.74, 6) is -3.85. The van der Waals surface area contributed by atoms with E-state index in [0.29, 0.717) is 12.8 Å². The Kier molecular flexibility index (Phi) is 5.03. The van der Waals surface area contributed by atoms with E-state index in [1.54, 1.807) is 13.8 Å². The van der Waals surface area contributed by atoms with Crippen LogP contribution in [0.5, 0.6) is 0 Å². The number of azide groups is 1. The van der Waals surface area contributed by atoms with Gasteiger partial charge in [-0.15, -0.1) is 0 Å². The van der Waals surface area contributed by atoms with E-state index in [9.17, 15) is 20.5 Å². The number of ketones is 1. The zero-order valence-corrected chi connectivity index (χ0v) is 20.9. The second-order valence-electron chi connectivity index (χ2n) is 12.4. The van der Waals surface area contributed by atoms with Crippen molar-refractivity contribution in [3.63, 3.8) is 0 Å². The van der Waals surface area contributed by atoms with Gasteiger partial charge in [-0.25, -0.2) is 0 Å². The molecule has 3 saturated carbocycles. The summed E-state index contributed by atoms with van der Waals surface area (Å²) in [5, 5.41) is 28.0. The summed E-state index contributed by atoms with van der Waals surface area (Å²) in [5.41, 5.74) is 7.29. The van der Waals surface area contributed by atoms with Crippen molar-refractivity contribution in [1.82, 2.24) is 0 Å². The Labute approximate surface area is 200 Å². The fraction of sp³-hybridized carbons (Fsp3) is 0.880. The minimum absolute atomic E-state index is 0.108. The monoisotopic (exact) mass is 475 g/mol. The average molecular weight is 476 g/mol. The molecule has 9 nitrogen and oxygen atoms in total. The van der Waals surface area contributed by atoms with Gasteiger partial charge in [-0.3, -0.25) is 4.79 Å². The molecule has 6 rings (SSSR count). The summed E-state index contributed by atoms with van der Waals surface area (Å²) >= 11 is 0. The normalized spacial score (nSPS) is 52.1. The molecule has 6 fully saturated rings. The first kappa shape index (κ1) is 24.2. The van der Waals surface area contributed by atoms with Gasteiger partial charge in [0.1, 0.15) is 17.3 Å². The second-order valence-corrected chi connectivity index (χ2v) is 12.4. The van der Waals surface area contributed by atoms with E-state index in [-0.39, 0.29) is 24.2 Å². The molecule has 10 atom stereocenters. The van der Waals surface area contributed by atoms with Gasteiger partial charge in [-0.1, -0.05) is 31.1 Å². The van der Waals surface area contributed by atoms with Crippen LogP contribution in [0.25, 0.3) is 10.4 Å². The molecule has 9 heteroatoms. The van der Waals surface area contributed by atoms with Crippen LogP contribution in [0.15, 0.2) is 17.3 Å². The van der Waals surface area contributed by atoms with E-state index in [4.69, 9.17) is 14.2 Å². The number of aliphatic hydroxyl groups is 2. The highest BCUT2D eigenvalue weighted by Gasteiger charge is 2.87. The van der Waals surface area contributed by atoms with Gasteiger partial charge in [0.2, 0.25) is 5.79 Å². The van der Waals surface area contributed by atoms with E-state index < -0.39 is 58.1 Å². The van der Waals surface area contributed by atoms with E-state index in [1.807, 2.05) is 20.8 Å². The Morgan fingerprint density at radius 2 is 1.82 bits per heavy atom. The largest absolute Gasteiger partial charge is 0.392 e. The van der Waals surface area contributed by atoms with Crippen molar-refractivity contribution in [2.24, 2.45) is 39.1 Å². The summed E-state index contributed by atoms with van der Waals surface area (Å²) < 4.78 is 19.6. The van der Waals surface area contributed by atoms with Crippen molar-refractivity contribution in [3.05, 3.63) is 22.6 Å². The topological polar surface area (TPSA) is 134 Å². The lowest BCUT2D eigenvalue weighted by molar-refractivity contribution is -0.538. The van der Waals surface area contributed by atoms with Crippen molar-refractivity contribution in [2.45, 2.75) is 96.7 Å². The van der Waals surface area contributed by atoms with Gasteiger partial charge in [0.05, 0.1) is 24.9 Å². The lowest BCUT2D eigenvalue weighted by Crippen LogP contribution is -2.90. The highest BCUT2D eigenvalue weighted by atomic mass is 16.8. The van der Waals surface area contributed by atoms with Crippen LogP contribution in [0, 0.1) is 34.0 Å². The molecule has 3 aliphatic heterocycles. The molecule has 2 N–H and O–H groups in total. The molecule has 0 amide bonds. The Morgan fingerprint density at radius 3 is 2.41 bits per heavy atom. The molecule has 3 heterocycles. The number of ether oxygens (including phenoxy) is 3. The Morgan fingerprint density at radius 1 is 1.15 bits per heavy atom. The number of carbonyl (C=O) groups excluding carboxylic acids is 1. The minimum Gasteiger partial charge on any atom is -0.392 e. The number of hydrogen-bond acceptors (Lipinski definition) is 7. The molecule has 0 aromatic carbocycles. The summed E-state index contributed by atoms with van der Waals surface area (Å²) in [6.45, 7) is 15.4. The number of rotatable bonds is 3. The number of carbonyl (C=O) groups is 1. The first-order valence-corrected chi connectivity index (χ1v) is 12.3. The predicted octanol–water partition coefficient (Wildman–Crippen LogP) is 3.49. The first-order chi connectivity index (χ1) is 15.7. The first-order valence-electron chi connectivity index (χ1n) is 12.3. The molecule has 0 aromatic rings. The third kappa shape index (κ3) is 2.53. The molecular weight excluding hydrogens is 438 g/mol. The minimum atomic E-state index is -1.61. The Bertz CT molecular complexity index is 991. The highest BCUT2D eigenvalue weighted by molar-refractivity contribution is 5.86. The molecule has 6 aliphatic rings. The zero-order valence-electron chi connectivity index (χ0n) is 20.9. The van der Waals surface area contributed by atoms with Gasteiger partial charge < -0.3 is 24.4 Å².